The second kappa shape index (κ2) is 7.26. The summed E-state index contributed by atoms with van der Waals surface area (Å²) < 4.78 is 49.6. The minimum atomic E-state index is -4.73. The second-order valence-corrected chi connectivity index (χ2v) is 9.03. The van der Waals surface area contributed by atoms with E-state index in [0.29, 0.717) is 6.07 Å². The summed E-state index contributed by atoms with van der Waals surface area (Å²) in [6.07, 6.45) is -6.70. The highest BCUT2D eigenvalue weighted by atomic mass is 19.4. The van der Waals surface area contributed by atoms with Gasteiger partial charge in [-0.1, -0.05) is 6.07 Å². The van der Waals surface area contributed by atoms with Crippen LogP contribution in [0.4, 0.5) is 18.0 Å². The Kier molecular flexibility index (Phi) is 5.72. The van der Waals surface area contributed by atoms with Crippen LogP contribution in [0.2, 0.25) is 0 Å². The molecule has 2 rings (SSSR count). The van der Waals surface area contributed by atoms with Gasteiger partial charge in [0.05, 0.1) is 5.56 Å². The third-order valence-corrected chi connectivity index (χ3v) is 4.17. The molecule has 0 spiro atoms. The van der Waals surface area contributed by atoms with Gasteiger partial charge in [0.1, 0.15) is 11.2 Å². The van der Waals surface area contributed by atoms with Crippen molar-refractivity contribution in [3.05, 3.63) is 34.9 Å². The first-order valence-electron chi connectivity index (χ1n) is 9.09. The van der Waals surface area contributed by atoms with Gasteiger partial charge in [-0.05, 0) is 59.2 Å². The van der Waals surface area contributed by atoms with E-state index < -0.39 is 58.3 Å². The summed E-state index contributed by atoms with van der Waals surface area (Å²) in [4.78, 5) is 38.6. The third kappa shape index (κ3) is 4.58. The number of nitrogens with zero attached hydrogens (tertiary/aromatic N) is 1. The average molecular weight is 431 g/mol. The number of hydrogen-bond acceptors (Lipinski definition) is 6. The van der Waals surface area contributed by atoms with E-state index in [0.717, 1.165) is 12.1 Å². The maximum atomic E-state index is 13.2. The highest BCUT2D eigenvalue weighted by molar-refractivity contribution is 6.21. The summed E-state index contributed by atoms with van der Waals surface area (Å²) in [5.41, 5.74) is -6.27. The Morgan fingerprint density at radius 1 is 1.03 bits per heavy atom. The fraction of sp³-hybridized carbons (Fsp3) is 0.550. The lowest BCUT2D eigenvalue weighted by atomic mass is 9.93. The molecule has 1 aromatic rings. The maximum absolute atomic E-state index is 13.2. The number of hydrogen-bond donors (Lipinski definition) is 1. The van der Waals surface area contributed by atoms with Gasteiger partial charge in [0.25, 0.3) is 0 Å². The van der Waals surface area contributed by atoms with Crippen LogP contribution in [0.15, 0.2) is 18.2 Å². The molecule has 30 heavy (non-hydrogen) atoms. The van der Waals surface area contributed by atoms with Gasteiger partial charge in [-0.2, -0.15) is 18.2 Å². The molecule has 7 nitrogen and oxygen atoms in total. The molecule has 0 radical (unpaired) electrons. The lowest BCUT2D eigenvalue weighted by Gasteiger charge is -2.35. The summed E-state index contributed by atoms with van der Waals surface area (Å²) in [5.74, 6) is -2.47. The van der Waals surface area contributed by atoms with Crippen molar-refractivity contribution in [2.45, 2.75) is 70.9 Å². The zero-order chi connectivity index (χ0) is 23.3. The predicted octanol–water partition coefficient (Wildman–Crippen LogP) is 4.15. The number of amides is 1. The van der Waals surface area contributed by atoms with Crippen molar-refractivity contribution in [1.29, 1.82) is 0 Å². The largest absolute Gasteiger partial charge is 0.458 e. The molecule has 1 aliphatic carbocycles. The van der Waals surface area contributed by atoms with Crippen LogP contribution in [0.1, 0.15) is 63.0 Å². The molecule has 1 amide bonds. The van der Waals surface area contributed by atoms with Gasteiger partial charge in [0.2, 0.25) is 11.3 Å². The van der Waals surface area contributed by atoms with Gasteiger partial charge in [-0.3, -0.25) is 10.0 Å². The van der Waals surface area contributed by atoms with Crippen LogP contribution in [-0.4, -0.2) is 44.9 Å². The van der Waals surface area contributed by atoms with E-state index in [1.807, 2.05) is 0 Å². The summed E-state index contributed by atoms with van der Waals surface area (Å²) in [6.45, 7) is 9.01. The number of fused-ring (bicyclic) bond motifs is 1. The number of halogens is 3. The van der Waals surface area contributed by atoms with Crippen molar-refractivity contribution in [2.75, 3.05) is 0 Å². The molecule has 0 heterocycles. The minimum Gasteiger partial charge on any atom is -0.458 e. The number of ketones is 1. The molecule has 0 fully saturated rings. The summed E-state index contributed by atoms with van der Waals surface area (Å²) >= 11 is 0. The molecular weight excluding hydrogens is 407 g/mol. The third-order valence-electron chi connectivity index (χ3n) is 4.17. The zero-order valence-electron chi connectivity index (χ0n) is 17.5. The van der Waals surface area contributed by atoms with E-state index in [2.05, 4.69) is 0 Å². The lowest BCUT2D eigenvalue weighted by Crippen LogP contribution is -2.62. The molecule has 1 atom stereocenters. The second-order valence-electron chi connectivity index (χ2n) is 9.03. The highest BCUT2D eigenvalue weighted by Crippen LogP contribution is 2.40. The van der Waals surface area contributed by atoms with Gasteiger partial charge in [0, 0.05) is 12.0 Å². The Morgan fingerprint density at radius 2 is 1.57 bits per heavy atom. The molecule has 0 saturated heterocycles. The number of esters is 1. The Bertz CT molecular complexity index is 882. The Balaban J connectivity index is 2.59. The average Bonchev–Trinajstić information content (AvgIpc) is 2.83. The van der Waals surface area contributed by atoms with E-state index >= 15 is 0 Å². The summed E-state index contributed by atoms with van der Waals surface area (Å²) in [5, 5.41) is 10.4. The number of ether oxygens (including phenoxy) is 2. The normalized spacial score (nSPS) is 19.3. The van der Waals surface area contributed by atoms with Crippen LogP contribution in [0.3, 0.4) is 0 Å². The van der Waals surface area contributed by atoms with Crippen molar-refractivity contribution in [3.8, 4) is 0 Å². The topological polar surface area (TPSA) is 93.1 Å². The maximum Gasteiger partial charge on any atom is 0.435 e. The first kappa shape index (κ1) is 23.7. The van der Waals surface area contributed by atoms with Crippen LogP contribution in [0.25, 0.3) is 0 Å². The van der Waals surface area contributed by atoms with Crippen molar-refractivity contribution in [1.82, 2.24) is 5.06 Å². The van der Waals surface area contributed by atoms with Crippen molar-refractivity contribution in [3.63, 3.8) is 0 Å². The number of carbonyl (C=O) groups is 3. The van der Waals surface area contributed by atoms with E-state index in [1.54, 1.807) is 0 Å². The van der Waals surface area contributed by atoms with Crippen molar-refractivity contribution in [2.24, 2.45) is 0 Å². The predicted molar refractivity (Wildman–Crippen MR) is 97.9 cm³/mol. The van der Waals surface area contributed by atoms with E-state index in [4.69, 9.17) is 9.47 Å². The van der Waals surface area contributed by atoms with Gasteiger partial charge in [0.15, 0.2) is 0 Å². The molecule has 0 bridgehead atoms. The molecule has 0 aliphatic heterocycles. The molecule has 166 valence electrons. The first-order chi connectivity index (χ1) is 13.4. The van der Waals surface area contributed by atoms with Crippen LogP contribution in [-0.2, 0) is 26.9 Å². The molecule has 0 aromatic heterocycles. The van der Waals surface area contributed by atoms with Gasteiger partial charge in [-0.15, -0.1) is 0 Å². The van der Waals surface area contributed by atoms with E-state index in [-0.39, 0.29) is 10.6 Å². The SMILES string of the molecule is CC(C)(C)OC(=O)N(O)C1(C(=O)OC(C)(C)C)Cc2ccc(C(F)(F)F)cc2C1=O. The molecule has 1 unspecified atom stereocenters. The number of rotatable bonds is 2. The van der Waals surface area contributed by atoms with Crippen molar-refractivity contribution < 1.29 is 42.2 Å². The Morgan fingerprint density at radius 3 is 2.03 bits per heavy atom. The number of Topliss-reactive ketones (excluding diaryl/α,β-unsaturated/α-hetero) is 1. The van der Waals surface area contributed by atoms with Crippen LogP contribution in [0.5, 0.6) is 0 Å². The molecule has 0 saturated carbocycles. The number of alkyl halides is 3. The number of hydroxylamine groups is 2. The summed E-state index contributed by atoms with van der Waals surface area (Å²) in [7, 11) is 0. The molecular formula is C20H24F3NO6. The lowest BCUT2D eigenvalue weighted by molar-refractivity contribution is -0.190. The minimum absolute atomic E-state index is 0.0569. The molecule has 1 aliphatic rings. The first-order valence-corrected chi connectivity index (χ1v) is 9.09. The number of carbonyl (C=O) groups excluding carboxylic acids is 3. The van der Waals surface area contributed by atoms with Crippen LogP contribution >= 0.6 is 0 Å². The molecule has 1 N–H and O–H groups in total. The highest BCUT2D eigenvalue weighted by Gasteiger charge is 2.61. The van der Waals surface area contributed by atoms with Crippen LogP contribution in [0, 0.1) is 0 Å². The fourth-order valence-electron chi connectivity index (χ4n) is 2.94. The quantitative estimate of drug-likeness (QED) is 0.327. The Labute approximate surface area is 171 Å². The van der Waals surface area contributed by atoms with Gasteiger partial charge >= 0.3 is 18.2 Å². The fourth-order valence-corrected chi connectivity index (χ4v) is 2.94. The van der Waals surface area contributed by atoms with Gasteiger partial charge in [-0.25, -0.2) is 9.59 Å². The van der Waals surface area contributed by atoms with Crippen LogP contribution < -0.4 is 0 Å². The smallest absolute Gasteiger partial charge is 0.435 e. The van der Waals surface area contributed by atoms with E-state index in [1.165, 1.54) is 41.5 Å². The Hall–Kier alpha value is -2.62. The number of benzene rings is 1. The standard InChI is InChI=1S/C20H24F3NO6/c1-17(2,3)29-15(26)19(24(28)16(27)30-18(4,5)6)10-11-7-8-12(20(21,22)23)9-13(11)14(19)25/h7-9,28H,10H2,1-6H3. The monoisotopic (exact) mass is 431 g/mol. The van der Waals surface area contributed by atoms with Crippen molar-refractivity contribution >= 4 is 17.8 Å². The molecule has 10 heteroatoms. The summed E-state index contributed by atoms with van der Waals surface area (Å²) in [6, 6.07) is 2.38. The van der Waals surface area contributed by atoms with Gasteiger partial charge < -0.3 is 9.47 Å². The van der Waals surface area contributed by atoms with E-state index in [9.17, 15) is 32.8 Å². The molecule has 1 aromatic carbocycles. The zero-order valence-corrected chi connectivity index (χ0v) is 17.5.